The van der Waals surface area contributed by atoms with Crippen molar-refractivity contribution < 1.29 is 9.53 Å². The predicted octanol–water partition coefficient (Wildman–Crippen LogP) is 2.66. The van der Waals surface area contributed by atoms with Crippen LogP contribution >= 0.6 is 11.3 Å². The van der Waals surface area contributed by atoms with E-state index in [1.165, 1.54) is 7.11 Å². The van der Waals surface area contributed by atoms with Gasteiger partial charge in [-0.05, 0) is 30.7 Å². The van der Waals surface area contributed by atoms with E-state index in [2.05, 4.69) is 4.98 Å². The third-order valence-corrected chi connectivity index (χ3v) is 4.18. The van der Waals surface area contributed by atoms with Crippen LogP contribution in [0.4, 0.5) is 0 Å². The molecular formula is C13H14N2O2S. The maximum Gasteiger partial charge on any atom is 0.328 e. The molecular weight excluding hydrogens is 248 g/mol. The van der Waals surface area contributed by atoms with Gasteiger partial charge in [-0.15, -0.1) is 11.3 Å². The van der Waals surface area contributed by atoms with Crippen LogP contribution in [0.1, 0.15) is 24.6 Å². The largest absolute Gasteiger partial charge is 0.467 e. The van der Waals surface area contributed by atoms with E-state index in [4.69, 9.17) is 4.74 Å². The number of nitrogens with zero attached hydrogens (tertiary/aromatic N) is 2. The second kappa shape index (κ2) is 4.57. The molecule has 2 aromatic rings. The summed E-state index contributed by atoms with van der Waals surface area (Å²) in [6.45, 7) is 0. The maximum atomic E-state index is 11.9. The summed E-state index contributed by atoms with van der Waals surface area (Å²) in [5, 5.41) is 2.02. The van der Waals surface area contributed by atoms with Gasteiger partial charge in [0.05, 0.1) is 12.0 Å². The lowest BCUT2D eigenvalue weighted by Crippen LogP contribution is -2.26. The maximum absolute atomic E-state index is 11.9. The first-order chi connectivity index (χ1) is 8.81. The normalized spacial score (nSPS) is 18.4. The van der Waals surface area contributed by atoms with Crippen molar-refractivity contribution in [2.45, 2.75) is 25.3 Å². The molecule has 0 bridgehead atoms. The number of carbonyl (C=O) groups is 1. The van der Waals surface area contributed by atoms with Gasteiger partial charge in [-0.25, -0.2) is 9.78 Å². The molecule has 18 heavy (non-hydrogen) atoms. The Labute approximate surface area is 109 Å². The smallest absolute Gasteiger partial charge is 0.328 e. The molecule has 5 heteroatoms. The van der Waals surface area contributed by atoms with Crippen LogP contribution in [0.2, 0.25) is 0 Å². The molecule has 0 saturated carbocycles. The van der Waals surface area contributed by atoms with Crippen molar-refractivity contribution in [2.75, 3.05) is 7.11 Å². The number of hydrogen-bond donors (Lipinski definition) is 0. The van der Waals surface area contributed by atoms with Crippen molar-refractivity contribution in [3.05, 3.63) is 29.4 Å². The fourth-order valence-electron chi connectivity index (χ4n) is 2.48. The van der Waals surface area contributed by atoms with E-state index in [1.807, 2.05) is 28.3 Å². The molecule has 0 aromatic carbocycles. The molecule has 0 radical (unpaired) electrons. The highest BCUT2D eigenvalue weighted by atomic mass is 32.1. The lowest BCUT2D eigenvalue weighted by atomic mass is 10.0. The van der Waals surface area contributed by atoms with Crippen LogP contribution in [0.15, 0.2) is 23.7 Å². The Hall–Kier alpha value is -1.62. The molecule has 0 aliphatic carbocycles. The van der Waals surface area contributed by atoms with E-state index >= 15 is 0 Å². The molecule has 0 fully saturated rings. The number of rotatable bonds is 2. The minimum Gasteiger partial charge on any atom is -0.467 e. The Morgan fingerprint density at radius 1 is 1.61 bits per heavy atom. The van der Waals surface area contributed by atoms with E-state index in [0.717, 1.165) is 35.7 Å². The third-order valence-electron chi connectivity index (χ3n) is 3.31. The monoisotopic (exact) mass is 262 g/mol. The number of hydrogen-bond acceptors (Lipinski definition) is 4. The first kappa shape index (κ1) is 11.5. The van der Waals surface area contributed by atoms with E-state index in [9.17, 15) is 4.79 Å². The van der Waals surface area contributed by atoms with Gasteiger partial charge in [0.1, 0.15) is 6.04 Å². The molecule has 0 spiro atoms. The van der Waals surface area contributed by atoms with Crippen molar-refractivity contribution >= 4 is 17.3 Å². The second-order valence-corrected chi connectivity index (χ2v) is 5.30. The molecule has 3 heterocycles. The zero-order valence-corrected chi connectivity index (χ0v) is 10.9. The molecule has 0 saturated heterocycles. The Morgan fingerprint density at radius 2 is 2.50 bits per heavy atom. The van der Waals surface area contributed by atoms with Crippen LogP contribution in [-0.4, -0.2) is 22.6 Å². The second-order valence-electron chi connectivity index (χ2n) is 4.35. The molecule has 4 nitrogen and oxygen atoms in total. The summed E-state index contributed by atoms with van der Waals surface area (Å²) in [6, 6.07) is 3.80. The quantitative estimate of drug-likeness (QED) is 0.781. The number of carbonyl (C=O) groups excluding carboxylic acids is 1. The number of fused-ring (bicyclic) bond motifs is 1. The fraction of sp³-hybridized carbons (Fsp3) is 0.385. The van der Waals surface area contributed by atoms with E-state index in [1.54, 1.807) is 11.3 Å². The lowest BCUT2D eigenvalue weighted by Gasteiger charge is -2.24. The summed E-state index contributed by atoms with van der Waals surface area (Å²) in [5.41, 5.74) is 1.13. The Balaban J connectivity index is 2.09. The van der Waals surface area contributed by atoms with E-state index < -0.39 is 0 Å². The van der Waals surface area contributed by atoms with Crippen molar-refractivity contribution in [2.24, 2.45) is 0 Å². The molecule has 1 aliphatic heterocycles. The first-order valence-corrected chi connectivity index (χ1v) is 6.87. The third kappa shape index (κ3) is 1.75. The molecule has 0 amide bonds. The van der Waals surface area contributed by atoms with Crippen LogP contribution in [0.5, 0.6) is 0 Å². The summed E-state index contributed by atoms with van der Waals surface area (Å²) < 4.78 is 6.95. The molecule has 1 atom stereocenters. The van der Waals surface area contributed by atoms with Crippen molar-refractivity contribution in [1.29, 1.82) is 0 Å². The lowest BCUT2D eigenvalue weighted by molar-refractivity contribution is -0.145. The number of esters is 1. The van der Waals surface area contributed by atoms with Crippen LogP contribution < -0.4 is 0 Å². The van der Waals surface area contributed by atoms with Gasteiger partial charge in [-0.3, -0.25) is 0 Å². The standard InChI is InChI=1S/C13H14N2O2S/c1-17-13(16)10-5-2-4-9-8-14-12(15(9)10)11-6-3-7-18-11/h3,6-8,10H,2,4-5H2,1H3. The molecule has 2 aromatic heterocycles. The van der Waals surface area contributed by atoms with Gasteiger partial charge in [0.15, 0.2) is 5.82 Å². The van der Waals surface area contributed by atoms with Crippen LogP contribution in [-0.2, 0) is 16.0 Å². The van der Waals surface area contributed by atoms with Crippen molar-refractivity contribution in [3.63, 3.8) is 0 Å². The van der Waals surface area contributed by atoms with Gasteiger partial charge < -0.3 is 9.30 Å². The highest BCUT2D eigenvalue weighted by Crippen LogP contribution is 2.33. The van der Waals surface area contributed by atoms with Crippen molar-refractivity contribution in [1.82, 2.24) is 9.55 Å². The number of aromatic nitrogens is 2. The summed E-state index contributed by atoms with van der Waals surface area (Å²) in [6.07, 6.45) is 4.69. The van der Waals surface area contributed by atoms with Gasteiger partial charge in [0.25, 0.3) is 0 Å². The summed E-state index contributed by atoms with van der Waals surface area (Å²) in [5.74, 6) is 0.710. The van der Waals surface area contributed by atoms with Crippen molar-refractivity contribution in [3.8, 4) is 10.7 Å². The van der Waals surface area contributed by atoms with E-state index in [-0.39, 0.29) is 12.0 Å². The minimum atomic E-state index is -0.224. The molecule has 3 rings (SSSR count). The fourth-order valence-corrected chi connectivity index (χ4v) is 3.20. The number of ether oxygens (including phenoxy) is 1. The zero-order chi connectivity index (χ0) is 12.5. The van der Waals surface area contributed by atoms with E-state index in [0.29, 0.717) is 0 Å². The summed E-state index contributed by atoms with van der Waals surface area (Å²) >= 11 is 1.64. The Kier molecular flexibility index (Phi) is 2.91. The highest BCUT2D eigenvalue weighted by molar-refractivity contribution is 7.13. The number of aryl methyl sites for hydroxylation is 1. The minimum absolute atomic E-state index is 0.174. The highest BCUT2D eigenvalue weighted by Gasteiger charge is 2.29. The topological polar surface area (TPSA) is 44.1 Å². The van der Waals surface area contributed by atoms with Gasteiger partial charge in [-0.2, -0.15) is 0 Å². The van der Waals surface area contributed by atoms with Gasteiger partial charge in [-0.1, -0.05) is 6.07 Å². The average molecular weight is 262 g/mol. The summed E-state index contributed by atoms with van der Waals surface area (Å²) in [4.78, 5) is 17.4. The Bertz CT molecular complexity index is 560. The van der Waals surface area contributed by atoms with Gasteiger partial charge >= 0.3 is 5.97 Å². The van der Waals surface area contributed by atoms with Crippen LogP contribution in [0, 0.1) is 0 Å². The van der Waals surface area contributed by atoms with Gasteiger partial charge in [0.2, 0.25) is 0 Å². The number of thiophene rings is 1. The average Bonchev–Trinajstić information content (AvgIpc) is 3.05. The molecule has 1 aliphatic rings. The predicted molar refractivity (Wildman–Crippen MR) is 69.5 cm³/mol. The first-order valence-electron chi connectivity index (χ1n) is 5.99. The van der Waals surface area contributed by atoms with Gasteiger partial charge in [0, 0.05) is 11.9 Å². The Morgan fingerprint density at radius 3 is 3.22 bits per heavy atom. The van der Waals surface area contributed by atoms with Crippen LogP contribution in [0.3, 0.4) is 0 Å². The zero-order valence-electron chi connectivity index (χ0n) is 10.1. The molecule has 94 valence electrons. The molecule has 1 unspecified atom stereocenters. The summed E-state index contributed by atoms with van der Waals surface area (Å²) in [7, 11) is 1.44. The SMILES string of the molecule is COC(=O)C1CCCc2cnc(-c3cccs3)n21. The number of imidazole rings is 1. The number of methoxy groups -OCH3 is 1. The molecule has 0 N–H and O–H groups in total. The van der Waals surface area contributed by atoms with Crippen LogP contribution in [0.25, 0.3) is 10.7 Å².